The highest BCUT2D eigenvalue weighted by Crippen LogP contribution is 2.31. The molecule has 1 N–H and O–H groups in total. The molecule has 2 aromatic heterocycles. The van der Waals surface area contributed by atoms with Crippen LogP contribution in [0, 0.1) is 5.82 Å². The van der Waals surface area contributed by atoms with Gasteiger partial charge in [0.25, 0.3) is 0 Å². The summed E-state index contributed by atoms with van der Waals surface area (Å²) in [6, 6.07) is 6.09. The third-order valence-electron chi connectivity index (χ3n) is 3.21. The van der Waals surface area contributed by atoms with Gasteiger partial charge in [0.15, 0.2) is 0 Å². The summed E-state index contributed by atoms with van der Waals surface area (Å²) in [6.07, 6.45) is 0. The molecule has 0 spiro atoms. The van der Waals surface area contributed by atoms with Gasteiger partial charge in [0.2, 0.25) is 4.96 Å². The van der Waals surface area contributed by atoms with Gasteiger partial charge in [-0.3, -0.25) is 0 Å². The summed E-state index contributed by atoms with van der Waals surface area (Å²) in [5.74, 6) is -0.293. The number of rotatable bonds is 2. The summed E-state index contributed by atoms with van der Waals surface area (Å²) in [7, 11) is 0. The zero-order valence-corrected chi connectivity index (χ0v) is 12.9. The molecule has 0 atom stereocenters. The fourth-order valence-corrected chi connectivity index (χ4v) is 3.05. The molecule has 0 amide bonds. The summed E-state index contributed by atoms with van der Waals surface area (Å²) >= 11 is 1.51. The highest BCUT2D eigenvalue weighted by atomic mass is 32.1. The van der Waals surface area contributed by atoms with E-state index < -0.39 is 0 Å². The summed E-state index contributed by atoms with van der Waals surface area (Å²) in [5, 5.41) is 15.2. The van der Waals surface area contributed by atoms with Crippen molar-refractivity contribution in [3.63, 3.8) is 0 Å². The van der Waals surface area contributed by atoms with Crippen LogP contribution in [0.15, 0.2) is 24.3 Å². The topological polar surface area (TPSA) is 50.4 Å². The Hall–Kier alpha value is -1.79. The minimum atomic E-state index is -0.293. The lowest BCUT2D eigenvalue weighted by molar-refractivity contribution is 0.274. The molecule has 1 aromatic carbocycles. The Kier molecular flexibility index (Phi) is 3.30. The monoisotopic (exact) mass is 305 g/mol. The third kappa shape index (κ3) is 2.45. The van der Waals surface area contributed by atoms with Gasteiger partial charge in [-0.05, 0) is 24.3 Å². The van der Waals surface area contributed by atoms with Crippen LogP contribution < -0.4 is 0 Å². The minimum Gasteiger partial charge on any atom is -0.390 e. The van der Waals surface area contributed by atoms with Crippen molar-refractivity contribution < 1.29 is 9.50 Å². The predicted octanol–water partition coefficient (Wildman–Crippen LogP) is 3.39. The molecule has 0 aliphatic carbocycles. The molecule has 0 saturated carbocycles. The van der Waals surface area contributed by atoms with E-state index in [1.165, 1.54) is 23.5 Å². The maximum absolute atomic E-state index is 13.0. The highest BCUT2D eigenvalue weighted by Gasteiger charge is 2.23. The van der Waals surface area contributed by atoms with Crippen molar-refractivity contribution in [2.24, 2.45) is 0 Å². The summed E-state index contributed by atoms with van der Waals surface area (Å²) in [5.41, 5.74) is 1.99. The number of aliphatic hydroxyl groups excluding tert-OH is 1. The molecule has 6 heteroatoms. The third-order valence-corrected chi connectivity index (χ3v) is 4.54. The van der Waals surface area contributed by atoms with Gasteiger partial charge in [0.1, 0.15) is 10.8 Å². The van der Waals surface area contributed by atoms with Crippen molar-refractivity contribution in [3.05, 3.63) is 40.8 Å². The van der Waals surface area contributed by atoms with Crippen LogP contribution in [-0.2, 0) is 12.0 Å². The van der Waals surface area contributed by atoms with Crippen LogP contribution in [0.4, 0.5) is 4.39 Å². The van der Waals surface area contributed by atoms with Gasteiger partial charge in [0, 0.05) is 11.0 Å². The van der Waals surface area contributed by atoms with Crippen molar-refractivity contribution in [3.8, 4) is 11.3 Å². The highest BCUT2D eigenvalue weighted by molar-refractivity contribution is 7.16. The Morgan fingerprint density at radius 1 is 1.24 bits per heavy atom. The lowest BCUT2D eigenvalue weighted by Gasteiger charge is -2.12. The van der Waals surface area contributed by atoms with E-state index in [2.05, 4.69) is 30.9 Å². The second kappa shape index (κ2) is 4.89. The number of fused-ring (bicyclic) bond motifs is 1. The molecule has 2 heterocycles. The maximum atomic E-state index is 13.0. The van der Waals surface area contributed by atoms with E-state index >= 15 is 0 Å². The van der Waals surface area contributed by atoms with Gasteiger partial charge in [-0.2, -0.15) is 5.10 Å². The number of halogens is 1. The van der Waals surface area contributed by atoms with Crippen LogP contribution in [-0.4, -0.2) is 19.7 Å². The number of hydrogen-bond donors (Lipinski definition) is 1. The van der Waals surface area contributed by atoms with E-state index in [0.29, 0.717) is 11.4 Å². The SMILES string of the molecule is CC(C)(C)c1nn2c(CO)c(-c3ccc(F)cc3)nc2s1. The molecule has 0 fully saturated rings. The van der Waals surface area contributed by atoms with Gasteiger partial charge in [-0.15, -0.1) is 0 Å². The van der Waals surface area contributed by atoms with Crippen LogP contribution in [0.3, 0.4) is 0 Å². The standard InChI is InChI=1S/C15H16FN3OS/c1-15(2,3)13-18-19-11(8-20)12(17-14(19)21-13)9-4-6-10(16)7-5-9/h4-7,20H,8H2,1-3H3. The molecule has 0 saturated heterocycles. The van der Waals surface area contributed by atoms with E-state index in [1.54, 1.807) is 16.6 Å². The first-order valence-electron chi connectivity index (χ1n) is 6.66. The molecule has 0 bridgehead atoms. The van der Waals surface area contributed by atoms with Crippen LogP contribution in [0.2, 0.25) is 0 Å². The summed E-state index contributed by atoms with van der Waals surface area (Å²) < 4.78 is 14.7. The first-order valence-corrected chi connectivity index (χ1v) is 7.47. The predicted molar refractivity (Wildman–Crippen MR) is 80.9 cm³/mol. The summed E-state index contributed by atoms with van der Waals surface area (Å²) in [4.78, 5) is 5.29. The van der Waals surface area contributed by atoms with Crippen LogP contribution in [0.5, 0.6) is 0 Å². The molecule has 0 radical (unpaired) electrons. The fraction of sp³-hybridized carbons (Fsp3) is 0.333. The van der Waals surface area contributed by atoms with Crippen molar-refractivity contribution in [1.29, 1.82) is 0 Å². The first-order chi connectivity index (χ1) is 9.90. The molecule has 3 aromatic rings. The molecule has 4 nitrogen and oxygen atoms in total. The number of nitrogens with zero attached hydrogens (tertiary/aromatic N) is 3. The van der Waals surface area contributed by atoms with Gasteiger partial charge in [0.05, 0.1) is 18.0 Å². The van der Waals surface area contributed by atoms with E-state index in [9.17, 15) is 9.50 Å². The second-order valence-electron chi connectivity index (χ2n) is 5.92. The molecule has 0 aliphatic rings. The van der Waals surface area contributed by atoms with Crippen molar-refractivity contribution in [2.45, 2.75) is 32.8 Å². The fourth-order valence-electron chi connectivity index (χ4n) is 2.07. The Labute approximate surface area is 125 Å². The van der Waals surface area contributed by atoms with Gasteiger partial charge < -0.3 is 5.11 Å². The number of imidazole rings is 1. The Balaban J connectivity index is 2.16. The molecule has 21 heavy (non-hydrogen) atoms. The smallest absolute Gasteiger partial charge is 0.213 e. The molecular weight excluding hydrogens is 289 g/mol. The molecule has 0 aliphatic heterocycles. The van der Waals surface area contributed by atoms with E-state index in [-0.39, 0.29) is 17.8 Å². The number of hydrogen-bond acceptors (Lipinski definition) is 4. The van der Waals surface area contributed by atoms with Crippen LogP contribution in [0.25, 0.3) is 16.2 Å². The lowest BCUT2D eigenvalue weighted by Crippen LogP contribution is -2.11. The molecule has 3 rings (SSSR count). The normalized spacial score (nSPS) is 12.2. The van der Waals surface area contributed by atoms with Crippen molar-refractivity contribution in [2.75, 3.05) is 0 Å². The van der Waals surface area contributed by atoms with E-state index in [0.717, 1.165) is 15.5 Å². The zero-order chi connectivity index (χ0) is 15.2. The van der Waals surface area contributed by atoms with E-state index in [4.69, 9.17) is 0 Å². The lowest BCUT2D eigenvalue weighted by atomic mass is 9.98. The Morgan fingerprint density at radius 3 is 2.48 bits per heavy atom. The minimum absolute atomic E-state index is 0.0614. The van der Waals surface area contributed by atoms with Crippen LogP contribution >= 0.6 is 11.3 Å². The van der Waals surface area contributed by atoms with Gasteiger partial charge in [-0.25, -0.2) is 13.9 Å². The average Bonchev–Trinajstić information content (AvgIpc) is 2.96. The average molecular weight is 305 g/mol. The van der Waals surface area contributed by atoms with Crippen molar-refractivity contribution >= 4 is 16.3 Å². The first kappa shape index (κ1) is 14.2. The second-order valence-corrected chi connectivity index (χ2v) is 6.88. The number of benzene rings is 1. The van der Waals surface area contributed by atoms with Crippen LogP contribution in [0.1, 0.15) is 31.5 Å². The quantitative estimate of drug-likeness (QED) is 0.789. The van der Waals surface area contributed by atoms with Gasteiger partial charge in [-0.1, -0.05) is 32.1 Å². The number of aromatic nitrogens is 3. The molecule has 0 unspecified atom stereocenters. The molecule has 110 valence electrons. The van der Waals surface area contributed by atoms with Gasteiger partial charge >= 0.3 is 0 Å². The Morgan fingerprint density at radius 2 is 1.90 bits per heavy atom. The largest absolute Gasteiger partial charge is 0.390 e. The Bertz CT molecular complexity index is 784. The van der Waals surface area contributed by atoms with E-state index in [1.807, 2.05) is 0 Å². The number of aliphatic hydroxyl groups is 1. The maximum Gasteiger partial charge on any atom is 0.213 e. The van der Waals surface area contributed by atoms with Crippen molar-refractivity contribution in [1.82, 2.24) is 14.6 Å². The molecular formula is C15H16FN3OS. The summed E-state index contributed by atoms with van der Waals surface area (Å²) in [6.45, 7) is 6.10. The zero-order valence-electron chi connectivity index (χ0n) is 12.1.